The third-order valence-electron chi connectivity index (χ3n) is 2.61. The zero-order valence-corrected chi connectivity index (χ0v) is 9.69. The van der Waals surface area contributed by atoms with Gasteiger partial charge in [-0.2, -0.15) is 0 Å². The van der Waals surface area contributed by atoms with Crippen molar-refractivity contribution in [2.75, 3.05) is 6.61 Å². The second-order valence-corrected chi connectivity index (χ2v) is 3.82. The number of allylic oxidation sites excluding steroid dienone is 1. The molecule has 0 saturated carbocycles. The quantitative estimate of drug-likeness (QED) is 0.594. The van der Waals surface area contributed by atoms with E-state index in [1.807, 2.05) is 6.92 Å². The minimum Gasteiger partial charge on any atom is -0.469 e. The van der Waals surface area contributed by atoms with E-state index >= 15 is 0 Å². The highest BCUT2D eigenvalue weighted by Crippen LogP contribution is 2.32. The number of hydrogen-bond donors (Lipinski definition) is 0. The Balaban J connectivity index is 2.14. The molecule has 0 amide bonds. The molecule has 0 bridgehead atoms. The Morgan fingerprint density at radius 1 is 1.59 bits per heavy atom. The van der Waals surface area contributed by atoms with Gasteiger partial charge >= 0.3 is 6.16 Å². The Morgan fingerprint density at radius 3 is 3.18 bits per heavy atom. The summed E-state index contributed by atoms with van der Waals surface area (Å²) in [6.45, 7) is 5.54. The van der Waals surface area contributed by atoms with Gasteiger partial charge in [-0.3, -0.25) is 0 Å². The van der Waals surface area contributed by atoms with E-state index in [1.165, 1.54) is 6.08 Å². The van der Waals surface area contributed by atoms with Gasteiger partial charge in [0.15, 0.2) is 0 Å². The average Bonchev–Trinajstić information content (AvgIpc) is 2.78. The molecule has 0 aromatic carbocycles. The normalized spacial score (nSPS) is 14.2. The fraction of sp³-hybridized carbons (Fsp3) is 0.308. The van der Waals surface area contributed by atoms with Gasteiger partial charge in [-0.1, -0.05) is 12.7 Å². The van der Waals surface area contributed by atoms with Crippen LogP contribution in [-0.4, -0.2) is 12.8 Å². The molecular formula is C13H14O4. The lowest BCUT2D eigenvalue weighted by atomic mass is 9.97. The fourth-order valence-electron chi connectivity index (χ4n) is 1.76. The molecule has 0 unspecified atom stereocenters. The number of hydrogen-bond acceptors (Lipinski definition) is 4. The number of carbonyl (C=O) groups is 1. The maximum Gasteiger partial charge on any atom is 0.514 e. The SMILES string of the molecule is C=CCOC(=O)OC1=C(C)CCc2occc21. The summed E-state index contributed by atoms with van der Waals surface area (Å²) in [5.41, 5.74) is 1.86. The molecule has 1 aliphatic rings. The van der Waals surface area contributed by atoms with E-state index in [1.54, 1.807) is 12.3 Å². The molecular weight excluding hydrogens is 220 g/mol. The molecule has 1 aromatic heterocycles. The van der Waals surface area contributed by atoms with Crippen LogP contribution in [0.5, 0.6) is 0 Å². The molecule has 0 saturated heterocycles. The van der Waals surface area contributed by atoms with Crippen molar-refractivity contribution in [3.05, 3.63) is 41.9 Å². The van der Waals surface area contributed by atoms with Crippen LogP contribution in [-0.2, 0) is 15.9 Å². The van der Waals surface area contributed by atoms with Crippen LogP contribution < -0.4 is 0 Å². The molecule has 4 heteroatoms. The third-order valence-corrected chi connectivity index (χ3v) is 2.61. The van der Waals surface area contributed by atoms with Crippen LogP contribution in [0.25, 0.3) is 5.76 Å². The summed E-state index contributed by atoms with van der Waals surface area (Å²) in [5, 5.41) is 0. The van der Waals surface area contributed by atoms with Crippen molar-refractivity contribution < 1.29 is 18.7 Å². The van der Waals surface area contributed by atoms with Gasteiger partial charge in [0, 0.05) is 6.42 Å². The maximum atomic E-state index is 11.4. The number of carbonyl (C=O) groups excluding carboxylic acids is 1. The second kappa shape index (κ2) is 4.91. The molecule has 4 nitrogen and oxygen atoms in total. The summed E-state index contributed by atoms with van der Waals surface area (Å²) >= 11 is 0. The average molecular weight is 234 g/mol. The first kappa shape index (κ1) is 11.5. The topological polar surface area (TPSA) is 48.7 Å². The first-order valence-corrected chi connectivity index (χ1v) is 5.44. The highest BCUT2D eigenvalue weighted by Gasteiger charge is 2.23. The van der Waals surface area contributed by atoms with Gasteiger partial charge in [0.25, 0.3) is 0 Å². The molecule has 0 N–H and O–H groups in total. The summed E-state index contributed by atoms with van der Waals surface area (Å²) in [7, 11) is 0. The molecule has 17 heavy (non-hydrogen) atoms. The first-order valence-electron chi connectivity index (χ1n) is 5.44. The van der Waals surface area contributed by atoms with Crippen molar-refractivity contribution in [2.45, 2.75) is 19.8 Å². The molecule has 1 heterocycles. The maximum absolute atomic E-state index is 11.4. The molecule has 1 aliphatic carbocycles. The summed E-state index contributed by atoms with van der Waals surface area (Å²) in [5.74, 6) is 1.40. The van der Waals surface area contributed by atoms with E-state index in [4.69, 9.17) is 13.9 Å². The number of aryl methyl sites for hydroxylation is 1. The van der Waals surface area contributed by atoms with Crippen LogP contribution in [0.2, 0.25) is 0 Å². The molecule has 1 aromatic rings. The van der Waals surface area contributed by atoms with Gasteiger partial charge in [0.1, 0.15) is 18.1 Å². The molecule has 2 rings (SSSR count). The van der Waals surface area contributed by atoms with E-state index in [9.17, 15) is 4.79 Å². The van der Waals surface area contributed by atoms with Crippen LogP contribution in [0.1, 0.15) is 24.7 Å². The Morgan fingerprint density at radius 2 is 2.41 bits per heavy atom. The second-order valence-electron chi connectivity index (χ2n) is 3.82. The monoisotopic (exact) mass is 234 g/mol. The van der Waals surface area contributed by atoms with E-state index < -0.39 is 6.16 Å². The van der Waals surface area contributed by atoms with Gasteiger partial charge in [0.2, 0.25) is 0 Å². The molecule has 0 atom stereocenters. The summed E-state index contributed by atoms with van der Waals surface area (Å²) in [6, 6.07) is 1.80. The van der Waals surface area contributed by atoms with E-state index in [2.05, 4.69) is 6.58 Å². The van der Waals surface area contributed by atoms with E-state index in [0.29, 0.717) is 5.76 Å². The standard InChI is InChI=1S/C13H14O4/c1-3-7-16-13(14)17-12-9(2)4-5-11-10(12)6-8-15-11/h3,6,8H,1,4-5,7H2,2H3. The lowest BCUT2D eigenvalue weighted by Crippen LogP contribution is -2.11. The van der Waals surface area contributed by atoms with Crippen LogP contribution in [0, 0.1) is 0 Å². The minimum atomic E-state index is -0.715. The fourth-order valence-corrected chi connectivity index (χ4v) is 1.76. The Kier molecular flexibility index (Phi) is 3.32. The predicted molar refractivity (Wildman–Crippen MR) is 62.3 cm³/mol. The van der Waals surface area contributed by atoms with Gasteiger partial charge in [-0.15, -0.1) is 0 Å². The lowest BCUT2D eigenvalue weighted by Gasteiger charge is -2.16. The number of furan rings is 1. The third kappa shape index (κ3) is 2.41. The van der Waals surface area contributed by atoms with Gasteiger partial charge in [-0.25, -0.2) is 4.79 Å². The van der Waals surface area contributed by atoms with Crippen molar-refractivity contribution in [1.82, 2.24) is 0 Å². The zero-order chi connectivity index (χ0) is 12.3. The van der Waals surface area contributed by atoms with Crippen LogP contribution in [0.4, 0.5) is 4.79 Å². The Labute approximate surface area is 99.5 Å². The largest absolute Gasteiger partial charge is 0.514 e. The lowest BCUT2D eigenvalue weighted by molar-refractivity contribution is 0.0998. The van der Waals surface area contributed by atoms with Crippen molar-refractivity contribution in [2.24, 2.45) is 0 Å². The number of ether oxygens (including phenoxy) is 2. The van der Waals surface area contributed by atoms with Crippen molar-refractivity contribution in [3.63, 3.8) is 0 Å². The van der Waals surface area contributed by atoms with Crippen molar-refractivity contribution >= 4 is 11.9 Å². The van der Waals surface area contributed by atoms with Crippen LogP contribution in [0.3, 0.4) is 0 Å². The highest BCUT2D eigenvalue weighted by molar-refractivity contribution is 5.76. The molecule has 90 valence electrons. The number of fused-ring (bicyclic) bond motifs is 1. The summed E-state index contributed by atoms with van der Waals surface area (Å²) < 4.78 is 15.3. The molecule has 0 fully saturated rings. The van der Waals surface area contributed by atoms with Gasteiger partial charge in [-0.05, 0) is 25.0 Å². The first-order chi connectivity index (χ1) is 8.22. The molecule has 0 spiro atoms. The van der Waals surface area contributed by atoms with Gasteiger partial charge < -0.3 is 13.9 Å². The smallest absolute Gasteiger partial charge is 0.469 e. The van der Waals surface area contributed by atoms with Crippen molar-refractivity contribution in [1.29, 1.82) is 0 Å². The van der Waals surface area contributed by atoms with Gasteiger partial charge in [0.05, 0.1) is 11.8 Å². The van der Waals surface area contributed by atoms with Crippen LogP contribution >= 0.6 is 0 Å². The van der Waals surface area contributed by atoms with E-state index in [-0.39, 0.29) is 6.61 Å². The van der Waals surface area contributed by atoms with Crippen LogP contribution in [0.15, 0.2) is 35.0 Å². The molecule has 0 aliphatic heterocycles. The highest BCUT2D eigenvalue weighted by atomic mass is 16.7. The van der Waals surface area contributed by atoms with E-state index in [0.717, 1.165) is 29.7 Å². The summed E-state index contributed by atoms with van der Waals surface area (Å²) in [4.78, 5) is 11.4. The van der Waals surface area contributed by atoms with Crippen molar-refractivity contribution in [3.8, 4) is 0 Å². The minimum absolute atomic E-state index is 0.142. The predicted octanol–water partition coefficient (Wildman–Crippen LogP) is 3.30. The Bertz CT molecular complexity index is 468. The number of rotatable bonds is 3. The molecule has 0 radical (unpaired) electrons. The summed E-state index contributed by atoms with van der Waals surface area (Å²) in [6.07, 6.45) is 4.04. The Hall–Kier alpha value is -1.97. The zero-order valence-electron chi connectivity index (χ0n) is 9.69.